The number of hydrogen-bond donors (Lipinski definition) is 1. The molecule has 0 saturated heterocycles. The smallest absolute Gasteiger partial charge is 0.307 e. The molecule has 0 radical (unpaired) electrons. The van der Waals surface area contributed by atoms with Gasteiger partial charge in [-0.15, -0.1) is 0 Å². The summed E-state index contributed by atoms with van der Waals surface area (Å²) in [7, 11) is 0. The summed E-state index contributed by atoms with van der Waals surface area (Å²) in [4.78, 5) is 0. The van der Waals surface area contributed by atoms with Crippen LogP contribution in [-0.4, -0.2) is 23.3 Å². The number of fused-ring (bicyclic) bond motifs is 2. The Morgan fingerprint density at radius 2 is 1.94 bits per heavy atom. The van der Waals surface area contributed by atoms with E-state index in [1.54, 1.807) is 0 Å². The second-order valence-electron chi connectivity index (χ2n) is 5.64. The molecule has 0 aromatic carbocycles. The summed E-state index contributed by atoms with van der Waals surface area (Å²) in [5, 5.41) is 8.78. The Balaban J connectivity index is 2.32. The quantitative estimate of drug-likeness (QED) is 0.756. The lowest BCUT2D eigenvalue weighted by atomic mass is 9.71. The van der Waals surface area contributed by atoms with E-state index in [0.29, 0.717) is 12.3 Å². The highest BCUT2D eigenvalue weighted by Gasteiger charge is 2.63. The normalized spacial score (nSPS) is 35.9. The van der Waals surface area contributed by atoms with Crippen molar-refractivity contribution in [3.63, 3.8) is 0 Å². The van der Waals surface area contributed by atoms with Crippen molar-refractivity contribution in [2.24, 2.45) is 17.8 Å². The fourth-order valence-corrected chi connectivity index (χ4v) is 3.75. The number of alkyl halides is 3. The Morgan fingerprint density at radius 3 is 2.29 bits per heavy atom. The van der Waals surface area contributed by atoms with Crippen molar-refractivity contribution in [3.05, 3.63) is 12.2 Å². The van der Waals surface area contributed by atoms with Gasteiger partial charge in [-0.05, 0) is 43.6 Å². The molecule has 1 nitrogen and oxygen atoms in total. The van der Waals surface area contributed by atoms with Gasteiger partial charge in [0.1, 0.15) is 6.61 Å². The first-order chi connectivity index (χ1) is 7.83. The molecule has 2 saturated carbocycles. The summed E-state index contributed by atoms with van der Waals surface area (Å²) in [5.41, 5.74) is -2.91. The highest BCUT2D eigenvalue weighted by Crippen LogP contribution is 2.58. The van der Waals surface area contributed by atoms with Crippen LogP contribution >= 0.6 is 0 Å². The van der Waals surface area contributed by atoms with E-state index >= 15 is 0 Å². The summed E-state index contributed by atoms with van der Waals surface area (Å²) < 4.78 is 42.3. The highest BCUT2D eigenvalue weighted by molar-refractivity contribution is 5.22. The molecule has 2 aliphatic carbocycles. The maximum absolute atomic E-state index is 14.8. The van der Waals surface area contributed by atoms with Crippen molar-refractivity contribution in [3.8, 4) is 0 Å². The molecule has 2 fully saturated rings. The predicted molar refractivity (Wildman–Crippen MR) is 59.6 cm³/mol. The predicted octanol–water partition coefficient (Wildman–Crippen LogP) is 3.33. The van der Waals surface area contributed by atoms with E-state index in [2.05, 4.69) is 6.58 Å². The van der Waals surface area contributed by atoms with Gasteiger partial charge < -0.3 is 5.11 Å². The molecule has 17 heavy (non-hydrogen) atoms. The van der Waals surface area contributed by atoms with Crippen molar-refractivity contribution in [2.45, 2.75) is 44.2 Å². The van der Waals surface area contributed by atoms with E-state index in [-0.39, 0.29) is 11.5 Å². The number of allylic oxidation sites excluding steroid dienone is 1. The minimum atomic E-state index is -3.73. The zero-order valence-corrected chi connectivity index (χ0v) is 10.1. The van der Waals surface area contributed by atoms with Crippen LogP contribution in [0.5, 0.6) is 0 Å². The van der Waals surface area contributed by atoms with Crippen molar-refractivity contribution in [1.82, 2.24) is 0 Å². The van der Waals surface area contributed by atoms with Gasteiger partial charge in [-0.25, -0.2) is 13.2 Å². The van der Waals surface area contributed by atoms with Crippen molar-refractivity contribution in [2.75, 3.05) is 6.61 Å². The van der Waals surface area contributed by atoms with Gasteiger partial charge in [0, 0.05) is 5.92 Å². The van der Waals surface area contributed by atoms with Gasteiger partial charge >= 0.3 is 5.92 Å². The first-order valence-electron chi connectivity index (χ1n) is 6.16. The second kappa shape index (κ2) is 4.01. The van der Waals surface area contributed by atoms with E-state index < -0.39 is 24.1 Å². The monoisotopic (exact) mass is 248 g/mol. The summed E-state index contributed by atoms with van der Waals surface area (Å²) in [5.74, 6) is -4.00. The molecule has 0 spiro atoms. The van der Waals surface area contributed by atoms with E-state index in [1.165, 1.54) is 6.92 Å². The van der Waals surface area contributed by atoms with Gasteiger partial charge in [0.15, 0.2) is 5.67 Å². The average Bonchev–Trinajstić information content (AvgIpc) is 2.89. The lowest BCUT2D eigenvalue weighted by molar-refractivity contribution is -0.175. The van der Waals surface area contributed by atoms with E-state index in [0.717, 1.165) is 19.3 Å². The fraction of sp³-hybridized carbons (Fsp3) is 0.846. The molecule has 0 amide bonds. The number of hydrogen-bond acceptors (Lipinski definition) is 1. The van der Waals surface area contributed by atoms with Crippen LogP contribution in [0, 0.1) is 17.8 Å². The number of aliphatic hydroxyl groups is 1. The SMILES string of the molecule is C=C(C)C(F)(C1CC2CCC1C2)C(F)(F)CO. The summed E-state index contributed by atoms with van der Waals surface area (Å²) >= 11 is 0. The van der Waals surface area contributed by atoms with Crippen LogP contribution in [0.2, 0.25) is 0 Å². The Morgan fingerprint density at radius 1 is 1.29 bits per heavy atom. The Bertz CT molecular complexity index is 329. The maximum atomic E-state index is 14.8. The maximum Gasteiger partial charge on any atom is 0.307 e. The molecule has 4 heteroatoms. The molecule has 0 aliphatic heterocycles. The third-order valence-corrected chi connectivity index (χ3v) is 4.60. The summed E-state index contributed by atoms with van der Waals surface area (Å²) in [6, 6.07) is 0. The molecule has 0 aromatic heterocycles. The molecular formula is C13H19F3O. The van der Waals surface area contributed by atoms with Gasteiger partial charge in [0.2, 0.25) is 0 Å². The second-order valence-corrected chi connectivity index (χ2v) is 5.64. The third kappa shape index (κ3) is 1.72. The fourth-order valence-electron chi connectivity index (χ4n) is 3.75. The third-order valence-electron chi connectivity index (χ3n) is 4.60. The lowest BCUT2D eigenvalue weighted by Crippen LogP contribution is -2.54. The first kappa shape index (κ1) is 12.9. The molecule has 2 rings (SSSR count). The molecule has 0 heterocycles. The lowest BCUT2D eigenvalue weighted by Gasteiger charge is -2.41. The van der Waals surface area contributed by atoms with Crippen molar-refractivity contribution >= 4 is 0 Å². The van der Waals surface area contributed by atoms with Crippen LogP contribution in [0.3, 0.4) is 0 Å². The Kier molecular flexibility index (Phi) is 3.05. The minimum absolute atomic E-state index is 0.0270. The number of aliphatic hydroxyl groups excluding tert-OH is 1. The zero-order chi connectivity index (χ0) is 12.8. The summed E-state index contributed by atoms with van der Waals surface area (Å²) in [6.45, 7) is 3.25. The van der Waals surface area contributed by atoms with Gasteiger partial charge in [-0.3, -0.25) is 0 Å². The molecule has 2 aliphatic rings. The highest BCUT2D eigenvalue weighted by atomic mass is 19.3. The molecule has 98 valence electrons. The largest absolute Gasteiger partial charge is 0.390 e. The van der Waals surface area contributed by atoms with Crippen LogP contribution in [0.15, 0.2) is 12.2 Å². The van der Waals surface area contributed by atoms with Gasteiger partial charge in [-0.2, -0.15) is 0 Å². The van der Waals surface area contributed by atoms with Gasteiger partial charge in [-0.1, -0.05) is 13.0 Å². The van der Waals surface area contributed by atoms with Crippen LogP contribution in [0.4, 0.5) is 13.2 Å². The van der Waals surface area contributed by atoms with Gasteiger partial charge in [0.05, 0.1) is 0 Å². The van der Waals surface area contributed by atoms with Crippen LogP contribution < -0.4 is 0 Å². The van der Waals surface area contributed by atoms with Crippen molar-refractivity contribution in [1.29, 1.82) is 0 Å². The molecule has 0 aromatic rings. The Hall–Kier alpha value is -0.510. The molecular weight excluding hydrogens is 229 g/mol. The van der Waals surface area contributed by atoms with E-state index in [4.69, 9.17) is 5.11 Å². The van der Waals surface area contributed by atoms with Gasteiger partial charge in [0.25, 0.3) is 0 Å². The van der Waals surface area contributed by atoms with E-state index in [9.17, 15) is 13.2 Å². The average molecular weight is 248 g/mol. The van der Waals surface area contributed by atoms with E-state index in [1.807, 2.05) is 0 Å². The topological polar surface area (TPSA) is 20.2 Å². The molecule has 1 N–H and O–H groups in total. The summed E-state index contributed by atoms with van der Waals surface area (Å²) in [6.07, 6.45) is 3.21. The standard InChI is InChI=1S/C13H19F3O/c1-8(2)13(16,12(14,15)7-17)11-6-9-3-4-10(11)5-9/h9-11,17H,1,3-7H2,2H3. The Labute approximate surface area is 99.7 Å². The minimum Gasteiger partial charge on any atom is -0.390 e. The van der Waals surface area contributed by atoms with Crippen molar-refractivity contribution < 1.29 is 18.3 Å². The number of halogens is 3. The molecule has 4 atom stereocenters. The molecule has 2 bridgehead atoms. The van der Waals surface area contributed by atoms with Crippen LogP contribution in [0.1, 0.15) is 32.6 Å². The zero-order valence-electron chi connectivity index (χ0n) is 10.1. The van der Waals surface area contributed by atoms with Crippen LogP contribution in [0.25, 0.3) is 0 Å². The first-order valence-corrected chi connectivity index (χ1v) is 6.16. The van der Waals surface area contributed by atoms with Crippen LogP contribution in [-0.2, 0) is 0 Å². The molecule has 4 unspecified atom stereocenters. The number of rotatable bonds is 4.